The van der Waals surface area contributed by atoms with Gasteiger partial charge in [-0.1, -0.05) is 30.3 Å². The lowest BCUT2D eigenvalue weighted by Crippen LogP contribution is -2.32. The van der Waals surface area contributed by atoms with Gasteiger partial charge in [-0.05, 0) is 18.9 Å². The van der Waals surface area contributed by atoms with Crippen molar-refractivity contribution in [1.82, 2.24) is 5.32 Å². The van der Waals surface area contributed by atoms with Crippen LogP contribution in [0.25, 0.3) is 0 Å². The van der Waals surface area contributed by atoms with E-state index in [0.29, 0.717) is 0 Å². The molecule has 2 rings (SSSR count). The topological polar surface area (TPSA) is 38.3 Å². The smallest absolute Gasteiger partial charge is 0.407 e. The van der Waals surface area contributed by atoms with Crippen LogP contribution in [-0.2, 0) is 11.2 Å². The van der Waals surface area contributed by atoms with Crippen LogP contribution in [-0.4, -0.2) is 18.2 Å². The molecule has 0 saturated carbocycles. The van der Waals surface area contributed by atoms with E-state index in [4.69, 9.17) is 4.74 Å². The number of nitrogens with one attached hydrogen (secondary N) is 1. The van der Waals surface area contributed by atoms with E-state index in [9.17, 15) is 4.79 Å². The first-order valence-corrected chi connectivity index (χ1v) is 4.77. The summed E-state index contributed by atoms with van der Waals surface area (Å²) in [5.41, 5.74) is 1.22. The minimum atomic E-state index is -0.307. The largest absolute Gasteiger partial charge is 0.444 e. The summed E-state index contributed by atoms with van der Waals surface area (Å²) in [6, 6.07) is 10.2. The van der Waals surface area contributed by atoms with E-state index < -0.39 is 0 Å². The molecule has 2 atom stereocenters. The molecule has 0 bridgehead atoms. The van der Waals surface area contributed by atoms with Gasteiger partial charge in [0, 0.05) is 0 Å². The molecular formula is C11H13NO2. The molecular weight excluding hydrogens is 178 g/mol. The number of hydrogen-bond acceptors (Lipinski definition) is 2. The minimum Gasteiger partial charge on any atom is -0.444 e. The van der Waals surface area contributed by atoms with Crippen LogP contribution in [0, 0.1) is 0 Å². The molecule has 3 heteroatoms. The normalized spacial score (nSPS) is 25.6. The maximum absolute atomic E-state index is 10.9. The number of carbonyl (C=O) groups is 1. The standard InChI is InChI=1S/C11H13NO2/c1-8-10(12-11(13)14-8)7-9-5-3-2-4-6-9/h2-6,8,10H,7H2,1H3,(H,12,13)/t8-,10-/m0/s1. The second kappa shape index (κ2) is 3.70. The highest BCUT2D eigenvalue weighted by Crippen LogP contribution is 2.13. The van der Waals surface area contributed by atoms with Gasteiger partial charge in [0.15, 0.2) is 0 Å². The Balaban J connectivity index is 2.02. The molecule has 1 fully saturated rings. The number of hydrogen-bond donors (Lipinski definition) is 1. The van der Waals surface area contributed by atoms with E-state index in [0.717, 1.165) is 6.42 Å². The summed E-state index contributed by atoms with van der Waals surface area (Å²) in [5, 5.41) is 2.79. The number of benzene rings is 1. The van der Waals surface area contributed by atoms with Crippen LogP contribution < -0.4 is 5.32 Å². The number of amides is 1. The van der Waals surface area contributed by atoms with Crippen LogP contribution in [0.2, 0.25) is 0 Å². The van der Waals surface area contributed by atoms with Crippen LogP contribution in [0.1, 0.15) is 12.5 Å². The first-order valence-electron chi connectivity index (χ1n) is 4.77. The van der Waals surface area contributed by atoms with Gasteiger partial charge >= 0.3 is 6.09 Å². The van der Waals surface area contributed by atoms with Gasteiger partial charge in [-0.2, -0.15) is 0 Å². The molecule has 3 nitrogen and oxygen atoms in total. The predicted octanol–water partition coefficient (Wildman–Crippen LogP) is 1.73. The summed E-state index contributed by atoms with van der Waals surface area (Å²) in [6.45, 7) is 1.91. The maximum atomic E-state index is 10.9. The molecule has 14 heavy (non-hydrogen) atoms. The van der Waals surface area contributed by atoms with Crippen molar-refractivity contribution in [1.29, 1.82) is 0 Å². The van der Waals surface area contributed by atoms with Crippen molar-refractivity contribution < 1.29 is 9.53 Å². The van der Waals surface area contributed by atoms with Crippen LogP contribution in [0.4, 0.5) is 4.79 Å². The van der Waals surface area contributed by atoms with Crippen molar-refractivity contribution in [3.05, 3.63) is 35.9 Å². The van der Waals surface area contributed by atoms with Gasteiger partial charge in [-0.25, -0.2) is 4.79 Å². The fourth-order valence-corrected chi connectivity index (χ4v) is 1.64. The maximum Gasteiger partial charge on any atom is 0.407 e. The van der Waals surface area contributed by atoms with Gasteiger partial charge in [-0.3, -0.25) is 0 Å². The highest BCUT2D eigenvalue weighted by molar-refractivity contribution is 5.70. The average molecular weight is 191 g/mol. The molecule has 0 aliphatic carbocycles. The zero-order chi connectivity index (χ0) is 9.97. The zero-order valence-electron chi connectivity index (χ0n) is 8.07. The monoisotopic (exact) mass is 191 g/mol. The Hall–Kier alpha value is -1.51. The van der Waals surface area contributed by atoms with E-state index in [-0.39, 0.29) is 18.2 Å². The lowest BCUT2D eigenvalue weighted by atomic mass is 10.0. The Labute approximate surface area is 83.1 Å². The predicted molar refractivity (Wildman–Crippen MR) is 53.0 cm³/mol. The van der Waals surface area contributed by atoms with Crippen LogP contribution in [0.3, 0.4) is 0 Å². The number of alkyl carbamates (subject to hydrolysis) is 1. The molecule has 1 aromatic rings. The lowest BCUT2D eigenvalue weighted by molar-refractivity contribution is 0.141. The second-order valence-corrected chi connectivity index (χ2v) is 3.55. The van der Waals surface area contributed by atoms with Crippen LogP contribution in [0.5, 0.6) is 0 Å². The SMILES string of the molecule is C[C@@H]1OC(=O)N[C@H]1Cc1ccccc1. The summed E-state index contributed by atoms with van der Waals surface area (Å²) >= 11 is 0. The van der Waals surface area contributed by atoms with Crippen molar-refractivity contribution in [3.8, 4) is 0 Å². The highest BCUT2D eigenvalue weighted by Gasteiger charge is 2.29. The van der Waals surface area contributed by atoms with Gasteiger partial charge in [-0.15, -0.1) is 0 Å². The van der Waals surface area contributed by atoms with Crippen molar-refractivity contribution in [2.45, 2.75) is 25.5 Å². The van der Waals surface area contributed by atoms with E-state index in [2.05, 4.69) is 17.4 Å². The molecule has 1 aromatic carbocycles. The van der Waals surface area contributed by atoms with E-state index in [1.54, 1.807) is 0 Å². The summed E-state index contributed by atoms with van der Waals surface area (Å²) in [7, 11) is 0. The number of carbonyl (C=O) groups excluding carboxylic acids is 1. The fourth-order valence-electron chi connectivity index (χ4n) is 1.64. The molecule has 74 valence electrons. The summed E-state index contributed by atoms with van der Waals surface area (Å²) in [5.74, 6) is 0. The number of ether oxygens (including phenoxy) is 1. The minimum absolute atomic E-state index is 0.0392. The van der Waals surface area contributed by atoms with E-state index in [1.165, 1.54) is 5.56 Å². The van der Waals surface area contributed by atoms with E-state index >= 15 is 0 Å². The Kier molecular flexibility index (Phi) is 2.39. The summed E-state index contributed by atoms with van der Waals surface area (Å²) in [4.78, 5) is 10.9. The fraction of sp³-hybridized carbons (Fsp3) is 0.364. The molecule has 0 radical (unpaired) electrons. The van der Waals surface area contributed by atoms with Crippen molar-refractivity contribution in [2.75, 3.05) is 0 Å². The van der Waals surface area contributed by atoms with Crippen molar-refractivity contribution >= 4 is 6.09 Å². The third kappa shape index (κ3) is 1.87. The van der Waals surface area contributed by atoms with Crippen molar-refractivity contribution in [3.63, 3.8) is 0 Å². The number of cyclic esters (lactones) is 1. The van der Waals surface area contributed by atoms with Gasteiger partial charge in [0.25, 0.3) is 0 Å². The molecule has 1 amide bonds. The first-order chi connectivity index (χ1) is 6.75. The molecule has 0 unspecified atom stereocenters. The second-order valence-electron chi connectivity index (χ2n) is 3.55. The van der Waals surface area contributed by atoms with Gasteiger partial charge in [0.05, 0.1) is 6.04 Å². The summed E-state index contributed by atoms with van der Waals surface area (Å²) < 4.78 is 5.00. The molecule has 1 heterocycles. The summed E-state index contributed by atoms with van der Waals surface area (Å²) in [6.07, 6.45) is 0.481. The third-order valence-corrected chi connectivity index (χ3v) is 2.46. The Morgan fingerprint density at radius 2 is 2.07 bits per heavy atom. The van der Waals surface area contributed by atoms with Crippen LogP contribution >= 0.6 is 0 Å². The van der Waals surface area contributed by atoms with Gasteiger partial charge in [0.1, 0.15) is 6.10 Å². The highest BCUT2D eigenvalue weighted by atomic mass is 16.6. The molecule has 0 spiro atoms. The molecule has 1 aliphatic heterocycles. The quantitative estimate of drug-likeness (QED) is 0.773. The van der Waals surface area contributed by atoms with Gasteiger partial charge < -0.3 is 10.1 Å². The van der Waals surface area contributed by atoms with Gasteiger partial charge in [0.2, 0.25) is 0 Å². The molecule has 0 aromatic heterocycles. The Bertz CT molecular complexity index is 323. The van der Waals surface area contributed by atoms with Crippen molar-refractivity contribution in [2.24, 2.45) is 0 Å². The molecule has 1 N–H and O–H groups in total. The number of rotatable bonds is 2. The van der Waals surface area contributed by atoms with E-state index in [1.807, 2.05) is 25.1 Å². The Morgan fingerprint density at radius 3 is 2.64 bits per heavy atom. The molecule has 1 aliphatic rings. The first kappa shape index (κ1) is 9.06. The molecule has 1 saturated heterocycles. The lowest BCUT2D eigenvalue weighted by Gasteiger charge is -2.11. The average Bonchev–Trinajstić information content (AvgIpc) is 2.47. The Morgan fingerprint density at radius 1 is 1.36 bits per heavy atom. The third-order valence-electron chi connectivity index (χ3n) is 2.46. The van der Waals surface area contributed by atoms with Crippen LogP contribution in [0.15, 0.2) is 30.3 Å². The zero-order valence-corrected chi connectivity index (χ0v) is 8.07.